The molecule has 2 rings (SSSR count). The van der Waals surface area contributed by atoms with Gasteiger partial charge in [-0.3, -0.25) is 4.79 Å². The lowest BCUT2D eigenvalue weighted by molar-refractivity contribution is -0.139. The Balaban J connectivity index is 1.79. The van der Waals surface area contributed by atoms with Gasteiger partial charge in [-0.25, -0.2) is 4.39 Å². The third kappa shape index (κ3) is 3.70. The monoisotopic (exact) mass is 253 g/mol. The second-order valence-corrected chi connectivity index (χ2v) is 4.40. The van der Waals surface area contributed by atoms with Crippen molar-refractivity contribution < 1.29 is 19.0 Å². The quantitative estimate of drug-likeness (QED) is 0.778. The highest BCUT2D eigenvalue weighted by Crippen LogP contribution is 2.20. The van der Waals surface area contributed by atoms with Crippen LogP contribution in [0.2, 0.25) is 0 Å². The number of para-hydroxylation sites is 1. The molecule has 1 aromatic carbocycles. The summed E-state index contributed by atoms with van der Waals surface area (Å²) >= 11 is 0. The summed E-state index contributed by atoms with van der Waals surface area (Å²) in [7, 11) is 0. The predicted molar refractivity (Wildman–Crippen MR) is 64.1 cm³/mol. The van der Waals surface area contributed by atoms with E-state index in [1.54, 1.807) is 12.1 Å². The first-order valence-corrected chi connectivity index (χ1v) is 6.03. The van der Waals surface area contributed by atoms with Crippen molar-refractivity contribution in [2.75, 3.05) is 6.61 Å². The fourth-order valence-electron chi connectivity index (χ4n) is 1.66. The maximum atomic E-state index is 13.2. The van der Waals surface area contributed by atoms with Gasteiger partial charge in [0, 0.05) is 12.5 Å². The molecule has 0 aromatic heterocycles. The maximum Gasteiger partial charge on any atom is 0.320 e. The molecule has 18 heavy (non-hydrogen) atoms. The van der Waals surface area contributed by atoms with Crippen LogP contribution in [0.1, 0.15) is 19.3 Å². The highest BCUT2D eigenvalue weighted by molar-refractivity contribution is 5.73. The predicted octanol–water partition coefficient (Wildman–Crippen LogP) is 1.80. The van der Waals surface area contributed by atoms with E-state index in [0.717, 1.165) is 12.8 Å². The number of ether oxygens (including phenoxy) is 1. The number of benzene rings is 1. The van der Waals surface area contributed by atoms with E-state index in [4.69, 9.17) is 9.84 Å². The number of nitrogens with one attached hydrogen (secondary N) is 1. The van der Waals surface area contributed by atoms with E-state index in [0.29, 0.717) is 12.5 Å². The number of carbonyl (C=O) groups is 1. The zero-order valence-corrected chi connectivity index (χ0v) is 9.93. The molecule has 4 nitrogen and oxygen atoms in total. The van der Waals surface area contributed by atoms with Crippen LogP contribution in [-0.4, -0.2) is 29.8 Å². The zero-order valence-electron chi connectivity index (χ0n) is 9.93. The van der Waals surface area contributed by atoms with Crippen LogP contribution in [0.3, 0.4) is 0 Å². The van der Waals surface area contributed by atoms with Crippen molar-refractivity contribution in [3.8, 4) is 5.75 Å². The minimum Gasteiger partial charge on any atom is -0.490 e. The van der Waals surface area contributed by atoms with Crippen LogP contribution in [0.5, 0.6) is 5.75 Å². The summed E-state index contributed by atoms with van der Waals surface area (Å²) in [5, 5.41) is 12.0. The second kappa shape index (κ2) is 5.82. The molecule has 0 bridgehead atoms. The number of rotatable bonds is 7. The minimum absolute atomic E-state index is 0.160. The first-order chi connectivity index (χ1) is 8.66. The highest BCUT2D eigenvalue weighted by Gasteiger charge is 2.28. The number of carboxylic acids is 1. The van der Waals surface area contributed by atoms with E-state index < -0.39 is 17.8 Å². The van der Waals surface area contributed by atoms with E-state index in [9.17, 15) is 9.18 Å². The molecule has 1 fully saturated rings. The van der Waals surface area contributed by atoms with E-state index in [1.165, 1.54) is 12.1 Å². The molecular weight excluding hydrogens is 237 g/mol. The molecule has 1 aromatic rings. The average molecular weight is 253 g/mol. The van der Waals surface area contributed by atoms with E-state index >= 15 is 0 Å². The summed E-state index contributed by atoms with van der Waals surface area (Å²) < 4.78 is 18.5. The largest absolute Gasteiger partial charge is 0.490 e. The van der Waals surface area contributed by atoms with Crippen molar-refractivity contribution in [2.45, 2.75) is 31.3 Å². The Labute approximate surface area is 105 Å². The van der Waals surface area contributed by atoms with Crippen LogP contribution in [0, 0.1) is 5.82 Å². The lowest BCUT2D eigenvalue weighted by atomic mass is 10.2. The molecule has 5 heteroatoms. The summed E-state index contributed by atoms with van der Waals surface area (Å²) in [6.07, 6.45) is 2.37. The van der Waals surface area contributed by atoms with Gasteiger partial charge in [0.25, 0.3) is 0 Å². The normalized spacial score (nSPS) is 16.3. The van der Waals surface area contributed by atoms with E-state index in [1.807, 2.05) is 0 Å². The van der Waals surface area contributed by atoms with E-state index in [-0.39, 0.29) is 12.4 Å². The number of aliphatic carboxylic acids is 1. The molecular formula is C13H16FNO3. The van der Waals surface area contributed by atoms with Gasteiger partial charge in [0.05, 0.1) is 6.61 Å². The van der Waals surface area contributed by atoms with E-state index in [2.05, 4.69) is 5.32 Å². The van der Waals surface area contributed by atoms with Gasteiger partial charge < -0.3 is 15.2 Å². The summed E-state index contributed by atoms with van der Waals surface area (Å²) in [4.78, 5) is 11.0. The molecule has 0 amide bonds. The van der Waals surface area contributed by atoms with Gasteiger partial charge in [0.2, 0.25) is 0 Å². The average Bonchev–Trinajstić information content (AvgIpc) is 3.14. The first kappa shape index (κ1) is 12.8. The third-order valence-corrected chi connectivity index (χ3v) is 2.81. The molecule has 0 radical (unpaired) electrons. The van der Waals surface area contributed by atoms with Gasteiger partial charge in [-0.1, -0.05) is 12.1 Å². The summed E-state index contributed by atoms with van der Waals surface area (Å²) in [6.45, 7) is 0.178. The smallest absolute Gasteiger partial charge is 0.320 e. The molecule has 1 aliphatic rings. The van der Waals surface area contributed by atoms with Gasteiger partial charge >= 0.3 is 5.97 Å². The Morgan fingerprint density at radius 2 is 2.22 bits per heavy atom. The second-order valence-electron chi connectivity index (χ2n) is 4.40. The van der Waals surface area contributed by atoms with Crippen LogP contribution in [0.25, 0.3) is 0 Å². The van der Waals surface area contributed by atoms with Crippen molar-refractivity contribution in [1.82, 2.24) is 5.32 Å². The minimum atomic E-state index is -0.890. The topological polar surface area (TPSA) is 58.6 Å². The molecule has 1 aliphatic carbocycles. The molecule has 1 saturated carbocycles. The Morgan fingerprint density at radius 1 is 1.50 bits per heavy atom. The van der Waals surface area contributed by atoms with Gasteiger partial charge in [0.15, 0.2) is 11.6 Å². The van der Waals surface area contributed by atoms with Crippen LogP contribution in [0.15, 0.2) is 24.3 Å². The molecule has 98 valence electrons. The standard InChI is InChI=1S/C13H16FNO3/c14-10-3-1-2-4-12(10)18-8-7-11(13(16)17)15-9-5-6-9/h1-4,9,11,15H,5-8H2,(H,16,17). The molecule has 1 unspecified atom stereocenters. The molecule has 0 saturated heterocycles. The highest BCUT2D eigenvalue weighted by atomic mass is 19.1. The lowest BCUT2D eigenvalue weighted by Gasteiger charge is -2.14. The Kier molecular flexibility index (Phi) is 4.15. The van der Waals surface area contributed by atoms with Crippen LogP contribution >= 0.6 is 0 Å². The first-order valence-electron chi connectivity index (χ1n) is 6.03. The number of halogens is 1. The van der Waals surface area contributed by atoms with Crippen molar-refractivity contribution in [3.05, 3.63) is 30.1 Å². The third-order valence-electron chi connectivity index (χ3n) is 2.81. The van der Waals surface area contributed by atoms with Crippen LogP contribution in [0.4, 0.5) is 4.39 Å². The van der Waals surface area contributed by atoms with Gasteiger partial charge in [-0.15, -0.1) is 0 Å². The van der Waals surface area contributed by atoms with Gasteiger partial charge in [-0.2, -0.15) is 0 Å². The van der Waals surface area contributed by atoms with Gasteiger partial charge in [-0.05, 0) is 25.0 Å². The number of hydrogen-bond acceptors (Lipinski definition) is 3. The van der Waals surface area contributed by atoms with Crippen LogP contribution < -0.4 is 10.1 Å². The lowest BCUT2D eigenvalue weighted by Crippen LogP contribution is -2.39. The molecule has 1 atom stereocenters. The summed E-state index contributed by atoms with van der Waals surface area (Å²) in [5.41, 5.74) is 0. The van der Waals surface area contributed by atoms with Crippen molar-refractivity contribution in [1.29, 1.82) is 0 Å². The zero-order chi connectivity index (χ0) is 13.0. The van der Waals surface area contributed by atoms with Crippen molar-refractivity contribution in [2.24, 2.45) is 0 Å². The Hall–Kier alpha value is -1.62. The van der Waals surface area contributed by atoms with Crippen molar-refractivity contribution >= 4 is 5.97 Å². The molecule has 2 N–H and O–H groups in total. The summed E-state index contributed by atoms with van der Waals surface area (Å²) in [6, 6.07) is 5.79. The fourth-order valence-corrected chi connectivity index (χ4v) is 1.66. The number of hydrogen-bond donors (Lipinski definition) is 2. The summed E-state index contributed by atoms with van der Waals surface area (Å²) in [5.74, 6) is -1.16. The molecule has 0 aliphatic heterocycles. The molecule has 0 spiro atoms. The SMILES string of the molecule is O=C(O)C(CCOc1ccccc1F)NC1CC1. The van der Waals surface area contributed by atoms with Crippen molar-refractivity contribution in [3.63, 3.8) is 0 Å². The van der Waals surface area contributed by atoms with Crippen LogP contribution in [-0.2, 0) is 4.79 Å². The Morgan fingerprint density at radius 3 is 2.83 bits per heavy atom. The number of carboxylic acid groups (broad SMARTS) is 1. The maximum absolute atomic E-state index is 13.2. The molecule has 0 heterocycles. The fraction of sp³-hybridized carbons (Fsp3) is 0.462. The Bertz CT molecular complexity index is 420. The van der Waals surface area contributed by atoms with Gasteiger partial charge in [0.1, 0.15) is 6.04 Å².